The monoisotopic (exact) mass is 351 g/mol. The molecule has 2 aromatic carbocycles. The third kappa shape index (κ3) is 3.05. The van der Waals surface area contributed by atoms with Crippen molar-refractivity contribution in [2.45, 2.75) is 19.4 Å². The Balaban J connectivity index is 1.61. The Labute approximate surface area is 151 Å². The van der Waals surface area contributed by atoms with Gasteiger partial charge in [0.25, 0.3) is 0 Å². The molecule has 3 aromatic rings. The van der Waals surface area contributed by atoms with E-state index < -0.39 is 0 Å². The fourth-order valence-corrected chi connectivity index (χ4v) is 3.48. The van der Waals surface area contributed by atoms with Crippen molar-refractivity contribution < 1.29 is 4.79 Å². The van der Waals surface area contributed by atoms with Gasteiger partial charge in [-0.1, -0.05) is 35.9 Å². The number of halogens is 1. The minimum Gasteiger partial charge on any atom is -0.380 e. The molecule has 5 heteroatoms. The zero-order chi connectivity index (χ0) is 17.4. The molecule has 0 radical (unpaired) electrons. The van der Waals surface area contributed by atoms with Crippen molar-refractivity contribution in [3.05, 3.63) is 65.3 Å². The summed E-state index contributed by atoms with van der Waals surface area (Å²) in [4.78, 5) is 18.9. The quantitative estimate of drug-likeness (QED) is 0.760. The maximum Gasteiger partial charge on any atom is 0.229 e. The lowest BCUT2D eigenvalue weighted by atomic mass is 10.1. The second-order valence-electron chi connectivity index (χ2n) is 6.36. The summed E-state index contributed by atoms with van der Waals surface area (Å²) < 4.78 is 0. The number of carbonyl (C=O) groups excluding carboxylic acids is 1. The number of carbonyl (C=O) groups is 1. The summed E-state index contributed by atoms with van der Waals surface area (Å²) in [6, 6.07) is 15.7. The van der Waals surface area contributed by atoms with Crippen LogP contribution in [-0.2, 0) is 4.79 Å². The lowest BCUT2D eigenvalue weighted by molar-refractivity contribution is -0.117. The van der Waals surface area contributed by atoms with Crippen molar-refractivity contribution in [2.24, 2.45) is 0 Å². The number of rotatable bonds is 3. The second-order valence-corrected chi connectivity index (χ2v) is 6.80. The summed E-state index contributed by atoms with van der Waals surface area (Å²) >= 11 is 6.10. The average molecular weight is 352 g/mol. The first-order valence-corrected chi connectivity index (χ1v) is 8.66. The van der Waals surface area contributed by atoms with Crippen molar-refractivity contribution in [3.8, 4) is 0 Å². The van der Waals surface area contributed by atoms with E-state index in [1.54, 1.807) is 6.20 Å². The summed E-state index contributed by atoms with van der Waals surface area (Å²) in [6.45, 7) is 2.64. The molecular weight excluding hydrogens is 334 g/mol. The summed E-state index contributed by atoms with van der Waals surface area (Å²) in [5.41, 5.74) is 3.82. The molecule has 0 spiro atoms. The van der Waals surface area contributed by atoms with Crippen LogP contribution in [0.3, 0.4) is 0 Å². The topological polar surface area (TPSA) is 45.2 Å². The van der Waals surface area contributed by atoms with Crippen LogP contribution in [0.4, 0.5) is 11.4 Å². The van der Waals surface area contributed by atoms with Crippen molar-refractivity contribution in [3.63, 3.8) is 0 Å². The second kappa shape index (κ2) is 6.37. The number of para-hydroxylation sites is 1. The zero-order valence-corrected chi connectivity index (χ0v) is 14.6. The molecule has 0 aliphatic carbocycles. The van der Waals surface area contributed by atoms with Crippen molar-refractivity contribution in [1.82, 2.24) is 4.98 Å². The number of nitrogens with zero attached hydrogens (tertiary/aromatic N) is 2. The largest absolute Gasteiger partial charge is 0.380 e. The number of nitrogens with one attached hydrogen (secondary N) is 1. The molecule has 2 heterocycles. The van der Waals surface area contributed by atoms with E-state index >= 15 is 0 Å². The summed E-state index contributed by atoms with van der Waals surface area (Å²) in [5.74, 6) is 0.107. The van der Waals surface area contributed by atoms with Crippen LogP contribution in [0.2, 0.25) is 5.02 Å². The van der Waals surface area contributed by atoms with Crippen LogP contribution >= 0.6 is 11.6 Å². The molecule has 25 heavy (non-hydrogen) atoms. The molecule has 1 amide bonds. The Kier molecular flexibility index (Phi) is 4.06. The van der Waals surface area contributed by atoms with Gasteiger partial charge >= 0.3 is 0 Å². The molecule has 1 aromatic heterocycles. The molecule has 1 aliphatic rings. The van der Waals surface area contributed by atoms with Crippen LogP contribution in [0.5, 0.6) is 0 Å². The molecule has 4 nitrogen and oxygen atoms in total. The molecule has 1 unspecified atom stereocenters. The number of anilines is 2. The highest BCUT2D eigenvalue weighted by molar-refractivity contribution is 6.30. The van der Waals surface area contributed by atoms with Gasteiger partial charge in [0.1, 0.15) is 0 Å². The lowest BCUT2D eigenvalue weighted by Gasteiger charge is -2.19. The van der Waals surface area contributed by atoms with Crippen LogP contribution in [0.25, 0.3) is 10.9 Å². The summed E-state index contributed by atoms with van der Waals surface area (Å²) in [5, 5.41) is 5.19. The summed E-state index contributed by atoms with van der Waals surface area (Å²) in [6.07, 6.45) is 2.21. The minimum atomic E-state index is 0.0450. The van der Waals surface area contributed by atoms with Gasteiger partial charge in [-0.2, -0.15) is 0 Å². The molecule has 0 saturated carbocycles. The zero-order valence-electron chi connectivity index (χ0n) is 13.9. The minimum absolute atomic E-state index is 0.0450. The number of fused-ring (bicyclic) bond motifs is 1. The van der Waals surface area contributed by atoms with Crippen LogP contribution < -0.4 is 10.2 Å². The van der Waals surface area contributed by atoms with Crippen LogP contribution in [0, 0.1) is 6.92 Å². The highest BCUT2D eigenvalue weighted by Crippen LogP contribution is 2.30. The number of aryl methyl sites for hydroxylation is 1. The third-order valence-corrected chi connectivity index (χ3v) is 4.82. The molecular formula is C20H18ClN3O. The van der Waals surface area contributed by atoms with Crippen LogP contribution in [-0.4, -0.2) is 23.5 Å². The number of pyridine rings is 1. The predicted octanol–water partition coefficient (Wildman–Crippen LogP) is 4.41. The standard InChI is InChI=1S/C20H18ClN3O/c1-13-7-8-15(21)10-17(13)23-16-11-19(25)24(12-16)18-6-2-4-14-5-3-9-22-20(14)18/h2-10,16,23H,11-12H2,1H3. The van der Waals surface area contributed by atoms with E-state index in [0.29, 0.717) is 18.0 Å². The van der Waals surface area contributed by atoms with E-state index in [1.807, 2.05) is 60.4 Å². The van der Waals surface area contributed by atoms with Gasteiger partial charge in [-0.3, -0.25) is 9.78 Å². The molecule has 1 N–H and O–H groups in total. The molecule has 1 aliphatic heterocycles. The van der Waals surface area contributed by atoms with E-state index in [1.165, 1.54) is 0 Å². The Morgan fingerprint density at radius 1 is 1.20 bits per heavy atom. The molecule has 1 saturated heterocycles. The van der Waals surface area contributed by atoms with Crippen molar-refractivity contribution in [1.29, 1.82) is 0 Å². The first kappa shape index (κ1) is 15.9. The van der Waals surface area contributed by atoms with Gasteiger partial charge in [-0.25, -0.2) is 0 Å². The maximum atomic E-state index is 12.6. The molecule has 1 atom stereocenters. The number of aromatic nitrogens is 1. The molecule has 126 valence electrons. The van der Waals surface area contributed by atoms with Gasteiger partial charge in [0.05, 0.1) is 17.2 Å². The van der Waals surface area contributed by atoms with E-state index in [9.17, 15) is 4.79 Å². The predicted molar refractivity (Wildman–Crippen MR) is 102 cm³/mol. The Morgan fingerprint density at radius 2 is 2.04 bits per heavy atom. The highest BCUT2D eigenvalue weighted by atomic mass is 35.5. The molecule has 0 bridgehead atoms. The van der Waals surface area contributed by atoms with E-state index in [2.05, 4.69) is 10.3 Å². The fraction of sp³-hybridized carbons (Fsp3) is 0.200. The van der Waals surface area contributed by atoms with Gasteiger partial charge in [-0.15, -0.1) is 0 Å². The first-order chi connectivity index (χ1) is 12.1. The first-order valence-electron chi connectivity index (χ1n) is 8.28. The van der Waals surface area contributed by atoms with E-state index in [0.717, 1.165) is 27.8 Å². The highest BCUT2D eigenvalue weighted by Gasteiger charge is 2.31. The van der Waals surface area contributed by atoms with E-state index in [4.69, 9.17) is 11.6 Å². The van der Waals surface area contributed by atoms with Crippen molar-refractivity contribution in [2.75, 3.05) is 16.8 Å². The smallest absolute Gasteiger partial charge is 0.229 e. The van der Waals surface area contributed by atoms with Gasteiger partial charge in [0, 0.05) is 35.3 Å². The normalized spacial score (nSPS) is 17.3. The van der Waals surface area contributed by atoms with E-state index in [-0.39, 0.29) is 11.9 Å². The fourth-order valence-electron chi connectivity index (χ4n) is 3.31. The number of hydrogen-bond donors (Lipinski definition) is 1. The molecule has 4 rings (SSSR count). The average Bonchev–Trinajstić information content (AvgIpc) is 2.98. The van der Waals surface area contributed by atoms with Crippen LogP contribution in [0.1, 0.15) is 12.0 Å². The van der Waals surface area contributed by atoms with Crippen molar-refractivity contribution >= 4 is 39.8 Å². The van der Waals surface area contributed by atoms with Crippen LogP contribution in [0.15, 0.2) is 54.7 Å². The Hall–Kier alpha value is -2.59. The number of hydrogen-bond acceptors (Lipinski definition) is 3. The number of benzene rings is 2. The van der Waals surface area contributed by atoms with Gasteiger partial charge in [-0.05, 0) is 36.8 Å². The summed E-state index contributed by atoms with van der Waals surface area (Å²) in [7, 11) is 0. The molecule has 1 fully saturated rings. The SMILES string of the molecule is Cc1ccc(Cl)cc1NC1CC(=O)N(c2cccc3cccnc23)C1. The van der Waals surface area contributed by atoms with Gasteiger partial charge in [0.2, 0.25) is 5.91 Å². The lowest BCUT2D eigenvalue weighted by Crippen LogP contribution is -2.28. The maximum absolute atomic E-state index is 12.6. The van der Waals surface area contributed by atoms with Gasteiger partial charge < -0.3 is 10.2 Å². The number of amides is 1. The Morgan fingerprint density at radius 3 is 2.92 bits per heavy atom. The third-order valence-electron chi connectivity index (χ3n) is 4.59. The Bertz CT molecular complexity index is 951. The van der Waals surface area contributed by atoms with Gasteiger partial charge in [0.15, 0.2) is 0 Å².